The first-order chi connectivity index (χ1) is 26.8. The van der Waals surface area contributed by atoms with Crippen LogP contribution in [-0.4, -0.2) is 17.9 Å². The Bertz CT molecular complexity index is 3050. The predicted molar refractivity (Wildman–Crippen MR) is 226 cm³/mol. The van der Waals surface area contributed by atoms with Gasteiger partial charge in [0.05, 0.1) is 39.5 Å². The maximum Gasteiger partial charge on any atom is 0.129 e. The fourth-order valence-corrected chi connectivity index (χ4v) is 8.78. The van der Waals surface area contributed by atoms with Crippen molar-refractivity contribution in [3.63, 3.8) is 0 Å². The number of fused-ring (bicyclic) bond motifs is 7. The summed E-state index contributed by atoms with van der Waals surface area (Å²) >= 11 is 1.26. The molecule has 0 unspecified atom stereocenters. The first-order valence-corrected chi connectivity index (χ1v) is 18.8. The summed E-state index contributed by atoms with van der Waals surface area (Å²) in [7, 11) is 0. The minimum Gasteiger partial charge on any atom is -0.309 e. The maximum atomic E-state index is 4.91. The fraction of sp³-hybridized carbons (Fsp3) is 0. The van der Waals surface area contributed by atoms with Crippen molar-refractivity contribution in [2.75, 3.05) is 4.90 Å². The molecule has 8 aromatic carbocycles. The van der Waals surface area contributed by atoms with Gasteiger partial charge in [-0.05, 0) is 90.5 Å². The number of rotatable bonds is 6. The van der Waals surface area contributed by atoms with E-state index in [0.29, 0.717) is 0 Å². The van der Waals surface area contributed by atoms with Crippen LogP contribution in [0.4, 0.5) is 17.1 Å². The second-order valence-corrected chi connectivity index (χ2v) is 14.1. The van der Waals surface area contributed by atoms with Gasteiger partial charge in [0, 0.05) is 49.9 Å². The van der Waals surface area contributed by atoms with Crippen LogP contribution in [0.5, 0.6) is 0 Å². The predicted octanol–water partition coefficient (Wildman–Crippen LogP) is 13.0. The minimum absolute atomic E-state index is 0.874. The zero-order valence-electron chi connectivity index (χ0n) is 29.0. The topological polar surface area (TPSA) is 38.9 Å². The smallest absolute Gasteiger partial charge is 0.129 e. The molecule has 254 valence electrons. The van der Waals surface area contributed by atoms with Crippen molar-refractivity contribution in [2.45, 2.75) is 0 Å². The van der Waals surface area contributed by atoms with E-state index in [2.05, 4.69) is 202 Å². The van der Waals surface area contributed by atoms with Crippen LogP contribution in [0, 0.1) is 0 Å². The van der Waals surface area contributed by atoms with Gasteiger partial charge in [-0.1, -0.05) is 103 Å². The number of nitrogens with zero attached hydrogens (tertiary/aromatic N) is 5. The van der Waals surface area contributed by atoms with Crippen molar-refractivity contribution < 1.29 is 0 Å². The molecule has 0 saturated carbocycles. The molecule has 0 bridgehead atoms. The lowest BCUT2D eigenvalue weighted by Gasteiger charge is -2.26. The van der Waals surface area contributed by atoms with Gasteiger partial charge in [0.1, 0.15) is 11.0 Å². The largest absolute Gasteiger partial charge is 0.309 e. The zero-order chi connectivity index (χ0) is 35.6. The molecule has 0 amide bonds. The average molecular weight is 710 g/mol. The number of hydrogen-bond acceptors (Lipinski definition) is 4. The Balaban J connectivity index is 1.00. The summed E-state index contributed by atoms with van der Waals surface area (Å²) < 4.78 is 14.5. The maximum absolute atomic E-state index is 4.91. The third kappa shape index (κ3) is 4.71. The summed E-state index contributed by atoms with van der Waals surface area (Å²) in [6.07, 6.45) is 0. The van der Waals surface area contributed by atoms with E-state index in [1.54, 1.807) is 0 Å². The molecule has 0 atom stereocenters. The molecular formula is C48H31N5S. The zero-order valence-corrected chi connectivity index (χ0v) is 29.9. The third-order valence-electron chi connectivity index (χ3n) is 10.6. The molecule has 6 heteroatoms. The van der Waals surface area contributed by atoms with E-state index in [-0.39, 0.29) is 0 Å². The minimum atomic E-state index is 0.874. The lowest BCUT2D eigenvalue weighted by molar-refractivity contribution is 1.17. The Labute approximate surface area is 315 Å². The summed E-state index contributed by atoms with van der Waals surface area (Å²) in [4.78, 5) is 2.29. The SMILES string of the molecule is c1ccc(N(c2ccc(-n3c4ccccc4c4ccccc43)cc2)c2ccc(-c3ccc(-n4c5ccccc5c5ccccc54)cc3)c3nsnc23)cc1. The van der Waals surface area contributed by atoms with E-state index >= 15 is 0 Å². The highest BCUT2D eigenvalue weighted by Crippen LogP contribution is 2.42. The van der Waals surface area contributed by atoms with E-state index in [1.165, 1.54) is 55.3 Å². The van der Waals surface area contributed by atoms with Gasteiger partial charge < -0.3 is 14.0 Å². The first kappa shape index (κ1) is 30.6. The second kappa shape index (κ2) is 12.3. The third-order valence-corrected chi connectivity index (χ3v) is 11.1. The number of para-hydroxylation sites is 5. The highest BCUT2D eigenvalue weighted by atomic mass is 32.1. The van der Waals surface area contributed by atoms with Gasteiger partial charge in [-0.2, -0.15) is 8.75 Å². The number of anilines is 3. The van der Waals surface area contributed by atoms with Crippen LogP contribution in [0.25, 0.3) is 77.1 Å². The van der Waals surface area contributed by atoms with Crippen LogP contribution in [0.3, 0.4) is 0 Å². The monoisotopic (exact) mass is 709 g/mol. The van der Waals surface area contributed by atoms with E-state index in [1.807, 2.05) is 0 Å². The Morgan fingerprint density at radius 2 is 0.796 bits per heavy atom. The van der Waals surface area contributed by atoms with Gasteiger partial charge in [0.25, 0.3) is 0 Å². The molecule has 11 aromatic rings. The van der Waals surface area contributed by atoms with Gasteiger partial charge in [-0.15, -0.1) is 0 Å². The molecule has 0 aliphatic rings. The quantitative estimate of drug-likeness (QED) is 0.173. The molecule has 3 heterocycles. The number of benzene rings is 8. The summed E-state index contributed by atoms with van der Waals surface area (Å²) in [6.45, 7) is 0. The molecule has 54 heavy (non-hydrogen) atoms. The summed E-state index contributed by atoms with van der Waals surface area (Å²) in [6, 6.07) is 67.1. The number of hydrogen-bond donors (Lipinski definition) is 0. The van der Waals surface area contributed by atoms with Crippen LogP contribution in [-0.2, 0) is 0 Å². The van der Waals surface area contributed by atoms with Crippen molar-refractivity contribution in [3.05, 3.63) is 188 Å². The summed E-state index contributed by atoms with van der Waals surface area (Å²) in [5.74, 6) is 0. The Kier molecular flexibility index (Phi) is 6.97. The van der Waals surface area contributed by atoms with Crippen LogP contribution >= 0.6 is 11.7 Å². The molecule has 0 saturated heterocycles. The Hall–Kier alpha value is -7.02. The van der Waals surface area contributed by atoms with Gasteiger partial charge >= 0.3 is 0 Å². The van der Waals surface area contributed by atoms with Crippen LogP contribution in [0.1, 0.15) is 0 Å². The standard InChI is InChI=1S/C48H31N5S/c1-2-12-33(13-3-1)51(34-26-28-36(29-27-34)53-44-20-10-6-16-40(44)41-17-7-11-21-45(41)53)46-31-30-37(47-48(46)50-54-49-47)32-22-24-35(25-23-32)52-42-18-8-4-14-38(42)39-15-5-9-19-43(39)52/h1-31H. The van der Waals surface area contributed by atoms with Crippen molar-refractivity contribution >= 4 is 83.4 Å². The lowest BCUT2D eigenvalue weighted by Crippen LogP contribution is -2.10. The molecule has 0 spiro atoms. The fourth-order valence-electron chi connectivity index (χ4n) is 8.21. The second-order valence-electron chi connectivity index (χ2n) is 13.6. The molecule has 5 nitrogen and oxygen atoms in total. The molecule has 0 aliphatic heterocycles. The van der Waals surface area contributed by atoms with Crippen LogP contribution in [0.15, 0.2) is 188 Å². The molecule has 0 radical (unpaired) electrons. The van der Waals surface area contributed by atoms with Crippen molar-refractivity contribution in [1.82, 2.24) is 17.9 Å². The van der Waals surface area contributed by atoms with Crippen LogP contribution < -0.4 is 4.90 Å². The van der Waals surface area contributed by atoms with Gasteiger partial charge in [0.2, 0.25) is 0 Å². The van der Waals surface area contributed by atoms with E-state index in [4.69, 9.17) is 8.75 Å². The molecular weight excluding hydrogens is 679 g/mol. The normalized spacial score (nSPS) is 11.7. The van der Waals surface area contributed by atoms with Crippen molar-refractivity contribution in [2.24, 2.45) is 0 Å². The van der Waals surface area contributed by atoms with Crippen molar-refractivity contribution in [3.8, 4) is 22.5 Å². The highest BCUT2D eigenvalue weighted by molar-refractivity contribution is 7.00. The van der Waals surface area contributed by atoms with E-state index < -0.39 is 0 Å². The lowest BCUT2D eigenvalue weighted by atomic mass is 10.0. The average Bonchev–Trinajstić information content (AvgIpc) is 3.96. The van der Waals surface area contributed by atoms with E-state index in [9.17, 15) is 0 Å². The van der Waals surface area contributed by atoms with Crippen LogP contribution in [0.2, 0.25) is 0 Å². The van der Waals surface area contributed by atoms with E-state index in [0.717, 1.165) is 50.6 Å². The number of aromatic nitrogens is 4. The van der Waals surface area contributed by atoms with Crippen molar-refractivity contribution in [1.29, 1.82) is 0 Å². The summed E-state index contributed by atoms with van der Waals surface area (Å²) in [5, 5.41) is 5.02. The summed E-state index contributed by atoms with van der Waals surface area (Å²) in [5.41, 5.74) is 14.0. The highest BCUT2D eigenvalue weighted by Gasteiger charge is 2.21. The van der Waals surface area contributed by atoms with Gasteiger partial charge in [-0.25, -0.2) is 0 Å². The molecule has 3 aromatic heterocycles. The Morgan fingerprint density at radius 3 is 1.31 bits per heavy atom. The molecule has 0 aliphatic carbocycles. The molecule has 11 rings (SSSR count). The molecule has 0 N–H and O–H groups in total. The van der Waals surface area contributed by atoms with Gasteiger partial charge in [-0.3, -0.25) is 0 Å². The first-order valence-electron chi connectivity index (χ1n) is 18.1. The molecule has 0 fully saturated rings. The van der Waals surface area contributed by atoms with Gasteiger partial charge in [0.15, 0.2) is 0 Å². The Morgan fingerprint density at radius 1 is 0.370 bits per heavy atom.